The van der Waals surface area contributed by atoms with Crippen molar-refractivity contribution in [1.29, 1.82) is 0 Å². The first-order chi connectivity index (χ1) is 9.28. The van der Waals surface area contributed by atoms with Crippen LogP contribution in [0, 0.1) is 6.92 Å². The van der Waals surface area contributed by atoms with Crippen molar-refractivity contribution in [2.45, 2.75) is 45.7 Å². The van der Waals surface area contributed by atoms with Crippen molar-refractivity contribution in [3.8, 4) is 11.4 Å². The van der Waals surface area contributed by atoms with Crippen molar-refractivity contribution in [1.82, 2.24) is 25.2 Å². The smallest absolute Gasteiger partial charge is 0.244 e. The standard InChI is InChI=1S/C13H19N5O/c1-3-18-8-10(9(2)16-18)12-15-13(19-17-12)11-6-4-5-7-14-11/h8,11,14H,3-7H2,1-2H3/t11-/m0/s1. The molecule has 0 unspecified atom stereocenters. The molecule has 2 aromatic heterocycles. The predicted molar refractivity (Wildman–Crippen MR) is 70.5 cm³/mol. The fourth-order valence-electron chi connectivity index (χ4n) is 2.45. The Morgan fingerprint density at radius 1 is 1.47 bits per heavy atom. The molecule has 1 N–H and O–H groups in total. The third-order valence-electron chi connectivity index (χ3n) is 3.56. The van der Waals surface area contributed by atoms with Gasteiger partial charge in [-0.3, -0.25) is 4.68 Å². The lowest BCUT2D eigenvalue weighted by Crippen LogP contribution is -2.26. The Morgan fingerprint density at radius 2 is 2.37 bits per heavy atom. The van der Waals surface area contributed by atoms with Crippen molar-refractivity contribution in [2.75, 3.05) is 6.54 Å². The quantitative estimate of drug-likeness (QED) is 0.916. The number of piperidine rings is 1. The number of nitrogens with zero attached hydrogens (tertiary/aromatic N) is 4. The van der Waals surface area contributed by atoms with E-state index >= 15 is 0 Å². The number of aromatic nitrogens is 4. The van der Waals surface area contributed by atoms with Crippen LogP contribution in [0.25, 0.3) is 11.4 Å². The molecule has 1 fully saturated rings. The van der Waals surface area contributed by atoms with Crippen LogP contribution >= 0.6 is 0 Å². The molecule has 6 heteroatoms. The summed E-state index contributed by atoms with van der Waals surface area (Å²) in [5.41, 5.74) is 1.89. The van der Waals surface area contributed by atoms with Crippen molar-refractivity contribution in [2.24, 2.45) is 0 Å². The predicted octanol–water partition coefficient (Wildman–Crippen LogP) is 2.08. The second kappa shape index (κ2) is 5.13. The number of hydrogen-bond acceptors (Lipinski definition) is 5. The van der Waals surface area contributed by atoms with Crippen molar-refractivity contribution in [3.05, 3.63) is 17.8 Å². The summed E-state index contributed by atoms with van der Waals surface area (Å²) < 4.78 is 7.28. The lowest BCUT2D eigenvalue weighted by Gasteiger charge is -2.19. The minimum atomic E-state index is 0.205. The summed E-state index contributed by atoms with van der Waals surface area (Å²) in [7, 11) is 0. The van der Waals surface area contributed by atoms with E-state index < -0.39 is 0 Å². The van der Waals surface area contributed by atoms with Gasteiger partial charge in [0.05, 0.1) is 17.3 Å². The highest BCUT2D eigenvalue weighted by Crippen LogP contribution is 2.25. The fourth-order valence-corrected chi connectivity index (χ4v) is 2.45. The normalized spacial score (nSPS) is 19.8. The highest BCUT2D eigenvalue weighted by atomic mass is 16.5. The third-order valence-corrected chi connectivity index (χ3v) is 3.56. The molecule has 102 valence electrons. The SMILES string of the molecule is CCn1cc(-c2noc([C@@H]3CCCCN3)n2)c(C)n1. The van der Waals surface area contributed by atoms with Crippen LogP contribution in [-0.2, 0) is 6.54 Å². The van der Waals surface area contributed by atoms with Gasteiger partial charge in [0.25, 0.3) is 0 Å². The maximum absolute atomic E-state index is 5.40. The van der Waals surface area contributed by atoms with Gasteiger partial charge in [0, 0.05) is 12.7 Å². The Bertz CT molecular complexity index is 553. The molecule has 6 nitrogen and oxygen atoms in total. The number of aryl methyl sites for hydroxylation is 2. The largest absolute Gasteiger partial charge is 0.337 e. The van der Waals surface area contributed by atoms with E-state index in [0.717, 1.165) is 30.8 Å². The second-order valence-electron chi connectivity index (χ2n) is 4.94. The minimum Gasteiger partial charge on any atom is -0.337 e. The number of rotatable bonds is 3. The molecule has 3 rings (SSSR count). The average Bonchev–Trinajstić information content (AvgIpc) is 3.06. The van der Waals surface area contributed by atoms with Crippen LogP contribution in [-0.4, -0.2) is 26.5 Å². The van der Waals surface area contributed by atoms with Gasteiger partial charge >= 0.3 is 0 Å². The summed E-state index contributed by atoms with van der Waals surface area (Å²) in [6.07, 6.45) is 5.47. The van der Waals surface area contributed by atoms with Gasteiger partial charge in [0.15, 0.2) is 0 Å². The lowest BCUT2D eigenvalue weighted by molar-refractivity contribution is 0.297. The fraction of sp³-hybridized carbons (Fsp3) is 0.615. The molecule has 19 heavy (non-hydrogen) atoms. The Balaban J connectivity index is 1.85. The highest BCUT2D eigenvalue weighted by Gasteiger charge is 2.22. The van der Waals surface area contributed by atoms with Gasteiger partial charge in [-0.1, -0.05) is 11.6 Å². The average molecular weight is 261 g/mol. The van der Waals surface area contributed by atoms with Crippen molar-refractivity contribution >= 4 is 0 Å². The third kappa shape index (κ3) is 2.40. The van der Waals surface area contributed by atoms with E-state index in [-0.39, 0.29) is 6.04 Å². The van der Waals surface area contributed by atoms with Gasteiger partial charge in [0.1, 0.15) is 0 Å². The molecule has 3 heterocycles. The number of nitrogens with one attached hydrogen (secondary N) is 1. The van der Waals surface area contributed by atoms with Gasteiger partial charge < -0.3 is 9.84 Å². The van der Waals surface area contributed by atoms with Crippen LogP contribution in [0.3, 0.4) is 0 Å². The van der Waals surface area contributed by atoms with Crippen LogP contribution in [0.4, 0.5) is 0 Å². The van der Waals surface area contributed by atoms with Gasteiger partial charge in [-0.2, -0.15) is 10.1 Å². The van der Waals surface area contributed by atoms with Crippen molar-refractivity contribution in [3.63, 3.8) is 0 Å². The maximum Gasteiger partial charge on any atom is 0.244 e. The van der Waals surface area contributed by atoms with Crippen LogP contribution in [0.5, 0.6) is 0 Å². The molecule has 0 bridgehead atoms. The van der Waals surface area contributed by atoms with E-state index in [0.29, 0.717) is 11.7 Å². The second-order valence-corrected chi connectivity index (χ2v) is 4.94. The summed E-state index contributed by atoms with van der Waals surface area (Å²) in [6.45, 7) is 5.89. The summed E-state index contributed by atoms with van der Waals surface area (Å²) in [6, 6.07) is 0.205. The first-order valence-corrected chi connectivity index (χ1v) is 6.89. The minimum absolute atomic E-state index is 0.205. The topological polar surface area (TPSA) is 68.8 Å². The number of hydrogen-bond donors (Lipinski definition) is 1. The molecular formula is C13H19N5O. The zero-order valence-electron chi connectivity index (χ0n) is 11.4. The van der Waals surface area contributed by atoms with E-state index in [1.54, 1.807) is 0 Å². The summed E-state index contributed by atoms with van der Waals surface area (Å²) in [5.74, 6) is 1.33. The first kappa shape index (κ1) is 12.3. The lowest BCUT2D eigenvalue weighted by atomic mass is 10.1. The Labute approximate surface area is 112 Å². The molecule has 0 radical (unpaired) electrons. The highest BCUT2D eigenvalue weighted by molar-refractivity contribution is 5.56. The molecule has 0 aromatic carbocycles. The zero-order valence-corrected chi connectivity index (χ0v) is 11.4. The molecule has 0 amide bonds. The molecule has 0 aliphatic carbocycles. The van der Waals surface area contributed by atoms with E-state index in [1.807, 2.05) is 17.8 Å². The monoisotopic (exact) mass is 261 g/mol. The molecule has 1 aliphatic heterocycles. The van der Waals surface area contributed by atoms with Gasteiger partial charge in [-0.25, -0.2) is 0 Å². The molecule has 0 saturated carbocycles. The molecule has 1 atom stereocenters. The van der Waals surface area contributed by atoms with Crippen LogP contribution in [0.1, 0.15) is 43.8 Å². The van der Waals surface area contributed by atoms with E-state index in [4.69, 9.17) is 4.52 Å². The van der Waals surface area contributed by atoms with Gasteiger partial charge in [-0.15, -0.1) is 0 Å². The molecule has 1 saturated heterocycles. The van der Waals surface area contributed by atoms with Crippen LogP contribution < -0.4 is 5.32 Å². The Hall–Kier alpha value is -1.69. The molecular weight excluding hydrogens is 242 g/mol. The zero-order chi connectivity index (χ0) is 13.2. The van der Waals surface area contributed by atoms with E-state index in [1.165, 1.54) is 12.8 Å². The van der Waals surface area contributed by atoms with E-state index in [9.17, 15) is 0 Å². The molecule has 0 spiro atoms. The molecule has 2 aromatic rings. The van der Waals surface area contributed by atoms with Gasteiger partial charge in [0.2, 0.25) is 11.7 Å². The maximum atomic E-state index is 5.40. The summed E-state index contributed by atoms with van der Waals surface area (Å²) in [4.78, 5) is 4.52. The summed E-state index contributed by atoms with van der Waals surface area (Å²) >= 11 is 0. The summed E-state index contributed by atoms with van der Waals surface area (Å²) in [5, 5.41) is 11.9. The Morgan fingerprint density at radius 3 is 3.05 bits per heavy atom. The first-order valence-electron chi connectivity index (χ1n) is 6.89. The van der Waals surface area contributed by atoms with Crippen LogP contribution in [0.15, 0.2) is 10.7 Å². The van der Waals surface area contributed by atoms with Gasteiger partial charge in [-0.05, 0) is 33.2 Å². The molecule has 1 aliphatic rings. The Kier molecular flexibility index (Phi) is 3.33. The van der Waals surface area contributed by atoms with Crippen molar-refractivity contribution < 1.29 is 4.52 Å². The van der Waals surface area contributed by atoms with Crippen LogP contribution in [0.2, 0.25) is 0 Å². The van der Waals surface area contributed by atoms with E-state index in [2.05, 4.69) is 27.5 Å².